The lowest BCUT2D eigenvalue weighted by Gasteiger charge is -2.23. The smallest absolute Gasteiger partial charge is 0.256 e. The normalized spacial score (nSPS) is 18.6. The molecule has 1 aromatic heterocycles. The van der Waals surface area contributed by atoms with Gasteiger partial charge in [0.1, 0.15) is 0 Å². The summed E-state index contributed by atoms with van der Waals surface area (Å²) < 4.78 is 0. The maximum atomic E-state index is 12.7. The van der Waals surface area contributed by atoms with Gasteiger partial charge in [0.25, 0.3) is 5.91 Å². The third-order valence-corrected chi connectivity index (χ3v) is 5.88. The Morgan fingerprint density at radius 2 is 2.15 bits per heavy atom. The van der Waals surface area contributed by atoms with Gasteiger partial charge in [-0.3, -0.25) is 14.6 Å². The molecule has 1 aliphatic carbocycles. The molecule has 1 aliphatic heterocycles. The van der Waals surface area contributed by atoms with Crippen molar-refractivity contribution in [3.8, 4) is 0 Å². The van der Waals surface area contributed by atoms with Crippen LogP contribution in [0.2, 0.25) is 0 Å². The van der Waals surface area contributed by atoms with Gasteiger partial charge in [0.15, 0.2) is 0 Å². The highest BCUT2D eigenvalue weighted by atomic mass is 32.2. The molecule has 2 aromatic rings. The molecular formula is C21H19N3O2S. The fourth-order valence-corrected chi connectivity index (χ4v) is 4.46. The van der Waals surface area contributed by atoms with E-state index in [4.69, 9.17) is 0 Å². The standard InChI is InChI=1S/C21H19N3O2S/c1-13-9-19-17(24-21(26)15-6-2-3-7-18(15)27-19)10-16(13)20(25)23-12-14-5-4-8-22-11-14/h2-8,10-11,13H,9,12H2,1H3,(H,23,25)(H,24,26). The van der Waals surface area contributed by atoms with Crippen molar-refractivity contribution in [2.75, 3.05) is 0 Å². The number of benzene rings is 1. The molecule has 1 unspecified atom stereocenters. The van der Waals surface area contributed by atoms with E-state index >= 15 is 0 Å². The monoisotopic (exact) mass is 377 g/mol. The third kappa shape index (κ3) is 3.66. The maximum Gasteiger partial charge on any atom is 0.256 e. The third-order valence-electron chi connectivity index (χ3n) is 4.67. The molecule has 0 saturated heterocycles. The van der Waals surface area contributed by atoms with Crippen LogP contribution in [0.3, 0.4) is 0 Å². The molecule has 0 bridgehead atoms. The Morgan fingerprint density at radius 3 is 2.96 bits per heavy atom. The molecule has 0 saturated carbocycles. The van der Waals surface area contributed by atoms with E-state index in [0.717, 1.165) is 27.5 Å². The van der Waals surface area contributed by atoms with Gasteiger partial charge >= 0.3 is 0 Å². The Bertz CT molecular complexity index is 966. The molecule has 2 amide bonds. The molecule has 0 spiro atoms. The van der Waals surface area contributed by atoms with Crippen LogP contribution >= 0.6 is 11.8 Å². The molecule has 136 valence electrons. The van der Waals surface area contributed by atoms with E-state index in [1.54, 1.807) is 24.2 Å². The van der Waals surface area contributed by atoms with E-state index in [2.05, 4.69) is 15.6 Å². The fraction of sp³-hybridized carbons (Fsp3) is 0.190. The molecule has 2 N–H and O–H groups in total. The predicted molar refractivity (Wildman–Crippen MR) is 105 cm³/mol. The van der Waals surface area contributed by atoms with Crippen LogP contribution < -0.4 is 10.6 Å². The average molecular weight is 377 g/mol. The molecule has 27 heavy (non-hydrogen) atoms. The van der Waals surface area contributed by atoms with Gasteiger partial charge in [0.05, 0.1) is 11.3 Å². The second kappa shape index (κ2) is 7.40. The van der Waals surface area contributed by atoms with Gasteiger partial charge in [-0.25, -0.2) is 0 Å². The van der Waals surface area contributed by atoms with E-state index in [-0.39, 0.29) is 17.7 Å². The highest BCUT2D eigenvalue weighted by molar-refractivity contribution is 8.03. The number of hydrogen-bond donors (Lipinski definition) is 2. The topological polar surface area (TPSA) is 71.1 Å². The quantitative estimate of drug-likeness (QED) is 0.860. The molecule has 2 heterocycles. The van der Waals surface area contributed by atoms with Crippen molar-refractivity contribution >= 4 is 23.6 Å². The number of amides is 2. The number of nitrogens with one attached hydrogen (secondary N) is 2. The second-order valence-corrected chi connectivity index (χ2v) is 7.77. The average Bonchev–Trinajstić information content (AvgIpc) is 2.82. The summed E-state index contributed by atoms with van der Waals surface area (Å²) in [6, 6.07) is 11.3. The summed E-state index contributed by atoms with van der Waals surface area (Å²) in [6.45, 7) is 2.47. The van der Waals surface area contributed by atoms with Crippen LogP contribution in [0.5, 0.6) is 0 Å². The van der Waals surface area contributed by atoms with E-state index in [9.17, 15) is 9.59 Å². The van der Waals surface area contributed by atoms with E-state index in [1.165, 1.54) is 0 Å². The van der Waals surface area contributed by atoms with E-state index in [0.29, 0.717) is 17.7 Å². The number of hydrogen-bond acceptors (Lipinski definition) is 4. The number of fused-ring (bicyclic) bond motifs is 1. The summed E-state index contributed by atoms with van der Waals surface area (Å²) in [4.78, 5) is 31.3. The van der Waals surface area contributed by atoms with Crippen LogP contribution in [0.15, 0.2) is 75.9 Å². The number of aromatic nitrogens is 1. The number of thioether (sulfide) groups is 1. The zero-order valence-corrected chi connectivity index (χ0v) is 15.7. The van der Waals surface area contributed by atoms with Crippen molar-refractivity contribution in [1.29, 1.82) is 0 Å². The summed E-state index contributed by atoms with van der Waals surface area (Å²) in [7, 11) is 0. The molecule has 5 nitrogen and oxygen atoms in total. The van der Waals surface area contributed by atoms with Gasteiger partial charge in [-0.1, -0.05) is 36.9 Å². The van der Waals surface area contributed by atoms with Crippen LogP contribution in [0.1, 0.15) is 29.3 Å². The van der Waals surface area contributed by atoms with Crippen molar-refractivity contribution in [2.24, 2.45) is 5.92 Å². The molecule has 2 aliphatic rings. The summed E-state index contributed by atoms with van der Waals surface area (Å²) >= 11 is 1.60. The summed E-state index contributed by atoms with van der Waals surface area (Å²) in [5.74, 6) is -0.171. The lowest BCUT2D eigenvalue weighted by molar-refractivity contribution is -0.118. The zero-order valence-electron chi connectivity index (χ0n) is 14.9. The first-order valence-corrected chi connectivity index (χ1v) is 9.63. The van der Waals surface area contributed by atoms with Gasteiger partial charge in [0, 0.05) is 34.3 Å². The van der Waals surface area contributed by atoms with Gasteiger partial charge in [-0.05, 0) is 42.2 Å². The SMILES string of the molecule is CC1CC2=C(C=C1C(=O)NCc1cccnc1)NC(=O)c1ccccc1S2. The zero-order chi connectivity index (χ0) is 18.8. The summed E-state index contributed by atoms with van der Waals surface area (Å²) in [6.07, 6.45) is 5.98. The van der Waals surface area contributed by atoms with Crippen molar-refractivity contribution in [2.45, 2.75) is 24.8 Å². The highest BCUT2D eigenvalue weighted by Gasteiger charge is 2.29. The van der Waals surface area contributed by atoms with Crippen molar-refractivity contribution < 1.29 is 9.59 Å². The predicted octanol–water partition coefficient (Wildman–Crippen LogP) is 3.41. The van der Waals surface area contributed by atoms with Crippen LogP contribution in [0.25, 0.3) is 0 Å². The van der Waals surface area contributed by atoms with Gasteiger partial charge in [-0.15, -0.1) is 0 Å². The minimum absolute atomic E-state index is 0.0762. The Kier molecular flexibility index (Phi) is 4.81. The number of carbonyl (C=O) groups is 2. The molecule has 1 atom stereocenters. The lowest BCUT2D eigenvalue weighted by Crippen LogP contribution is -2.30. The Labute approximate surface area is 162 Å². The van der Waals surface area contributed by atoms with Crippen LogP contribution in [-0.4, -0.2) is 16.8 Å². The lowest BCUT2D eigenvalue weighted by atomic mass is 9.91. The Balaban J connectivity index is 1.56. The first kappa shape index (κ1) is 17.5. The van der Waals surface area contributed by atoms with E-state index in [1.807, 2.05) is 49.4 Å². The number of pyridine rings is 1. The number of allylic oxidation sites excluding steroid dienone is 2. The molecule has 6 heteroatoms. The molecule has 4 rings (SSSR count). The van der Waals surface area contributed by atoms with Crippen molar-refractivity contribution in [1.82, 2.24) is 15.6 Å². The number of rotatable bonds is 3. The summed E-state index contributed by atoms with van der Waals surface area (Å²) in [5, 5.41) is 5.92. The maximum absolute atomic E-state index is 12.7. The first-order valence-electron chi connectivity index (χ1n) is 8.82. The Morgan fingerprint density at radius 1 is 1.30 bits per heavy atom. The van der Waals surface area contributed by atoms with Gasteiger partial charge in [-0.2, -0.15) is 0 Å². The van der Waals surface area contributed by atoms with Gasteiger partial charge < -0.3 is 10.6 Å². The first-order chi connectivity index (χ1) is 13.1. The minimum Gasteiger partial charge on any atom is -0.348 e. The number of nitrogens with zero attached hydrogens (tertiary/aromatic N) is 1. The van der Waals surface area contributed by atoms with Crippen LogP contribution in [-0.2, 0) is 11.3 Å². The highest BCUT2D eigenvalue weighted by Crippen LogP contribution is 2.41. The minimum atomic E-state index is -0.135. The number of carbonyl (C=O) groups excluding carboxylic acids is 2. The molecule has 0 fully saturated rings. The van der Waals surface area contributed by atoms with Crippen LogP contribution in [0, 0.1) is 5.92 Å². The van der Waals surface area contributed by atoms with E-state index < -0.39 is 0 Å². The fourth-order valence-electron chi connectivity index (χ4n) is 3.22. The van der Waals surface area contributed by atoms with Crippen LogP contribution in [0.4, 0.5) is 0 Å². The Hall–Kier alpha value is -2.86. The molecular weight excluding hydrogens is 358 g/mol. The van der Waals surface area contributed by atoms with Crippen molar-refractivity contribution in [3.05, 3.63) is 82.2 Å². The molecule has 1 aromatic carbocycles. The summed E-state index contributed by atoms with van der Waals surface area (Å²) in [5.41, 5.74) is 3.03. The van der Waals surface area contributed by atoms with Gasteiger partial charge in [0.2, 0.25) is 5.91 Å². The molecule has 0 radical (unpaired) electrons. The second-order valence-electron chi connectivity index (χ2n) is 6.64. The largest absolute Gasteiger partial charge is 0.348 e. The van der Waals surface area contributed by atoms with Crippen molar-refractivity contribution in [3.63, 3.8) is 0 Å².